The first-order chi connectivity index (χ1) is 14.2. The zero-order chi connectivity index (χ0) is 21.6. The predicted molar refractivity (Wildman–Crippen MR) is 115 cm³/mol. The number of ether oxygens (including phenoxy) is 2. The second-order valence-electron chi connectivity index (χ2n) is 8.62. The lowest BCUT2D eigenvalue weighted by Gasteiger charge is -2.34. The summed E-state index contributed by atoms with van der Waals surface area (Å²) in [7, 11) is 0. The van der Waals surface area contributed by atoms with Gasteiger partial charge in [0.1, 0.15) is 40.3 Å². The number of carbonyl (C=O) groups excluding carboxylic acids is 1. The Morgan fingerprint density at radius 3 is 2.53 bits per heavy atom. The van der Waals surface area contributed by atoms with Gasteiger partial charge in [-0.3, -0.25) is 4.79 Å². The average molecular weight is 406 g/mol. The van der Waals surface area contributed by atoms with Crippen LogP contribution in [0.5, 0.6) is 23.0 Å². The zero-order valence-electron chi connectivity index (χ0n) is 17.7. The molecule has 0 aromatic heterocycles. The van der Waals surface area contributed by atoms with E-state index in [4.69, 9.17) is 9.47 Å². The minimum absolute atomic E-state index is 0.0955. The van der Waals surface area contributed by atoms with Gasteiger partial charge in [0.15, 0.2) is 5.78 Å². The number of allylic oxidation sites excluding steroid dienone is 2. The number of aromatic hydroxyl groups is 2. The molecule has 0 bridgehead atoms. The van der Waals surface area contributed by atoms with Crippen LogP contribution in [0.4, 0.5) is 0 Å². The van der Waals surface area contributed by atoms with Gasteiger partial charge >= 0.3 is 0 Å². The van der Waals surface area contributed by atoms with Crippen LogP contribution >= 0.6 is 0 Å². The van der Waals surface area contributed by atoms with Crippen LogP contribution in [-0.4, -0.2) is 21.6 Å². The van der Waals surface area contributed by atoms with Gasteiger partial charge in [-0.15, -0.1) is 0 Å². The zero-order valence-corrected chi connectivity index (χ0v) is 17.7. The van der Waals surface area contributed by atoms with Gasteiger partial charge in [0.05, 0.1) is 12.0 Å². The van der Waals surface area contributed by atoms with Crippen LogP contribution in [0.2, 0.25) is 0 Å². The first kappa shape index (κ1) is 20.1. The van der Waals surface area contributed by atoms with Crippen molar-refractivity contribution < 1.29 is 24.5 Å². The van der Waals surface area contributed by atoms with Gasteiger partial charge in [-0.05, 0) is 64.0 Å². The third kappa shape index (κ3) is 3.56. The van der Waals surface area contributed by atoms with Crippen molar-refractivity contribution in [1.29, 1.82) is 0 Å². The fraction of sp³-hybridized carbons (Fsp3) is 0.320. The quantitative estimate of drug-likeness (QED) is 0.659. The molecule has 0 amide bonds. The van der Waals surface area contributed by atoms with Crippen LogP contribution in [0.25, 0.3) is 6.08 Å². The smallest absolute Gasteiger partial charge is 0.174 e. The highest BCUT2D eigenvalue weighted by molar-refractivity contribution is 6.05. The molecular weight excluding hydrogens is 380 g/mol. The van der Waals surface area contributed by atoms with Crippen molar-refractivity contribution in [2.45, 2.75) is 52.2 Å². The minimum Gasteiger partial charge on any atom is -0.508 e. The van der Waals surface area contributed by atoms with E-state index in [-0.39, 0.29) is 29.3 Å². The SMILES string of the molecule is CC(C)=CCc1c2c(c(O)c3c1O[C@@H](c1ccc(O)cc1)CC3=O)C=CC(C)(C)O2. The highest BCUT2D eigenvalue weighted by Crippen LogP contribution is 2.51. The maximum atomic E-state index is 13.1. The number of phenolic OH excluding ortho intramolecular Hbond substituents is 2. The van der Waals surface area contributed by atoms with Crippen LogP contribution < -0.4 is 9.47 Å². The topological polar surface area (TPSA) is 76.0 Å². The van der Waals surface area contributed by atoms with Crippen molar-refractivity contribution in [1.82, 2.24) is 0 Å². The van der Waals surface area contributed by atoms with Crippen molar-refractivity contribution in [3.05, 3.63) is 64.2 Å². The largest absolute Gasteiger partial charge is 0.508 e. The van der Waals surface area contributed by atoms with Gasteiger partial charge in [-0.25, -0.2) is 0 Å². The van der Waals surface area contributed by atoms with E-state index < -0.39 is 11.7 Å². The molecule has 2 aromatic carbocycles. The van der Waals surface area contributed by atoms with Crippen LogP contribution in [-0.2, 0) is 6.42 Å². The molecule has 156 valence electrons. The van der Waals surface area contributed by atoms with Crippen molar-refractivity contribution in [2.24, 2.45) is 0 Å². The molecule has 2 aromatic rings. The lowest BCUT2D eigenvalue weighted by Crippen LogP contribution is -2.29. The molecule has 0 saturated carbocycles. The van der Waals surface area contributed by atoms with E-state index in [9.17, 15) is 15.0 Å². The summed E-state index contributed by atoms with van der Waals surface area (Å²) in [6, 6.07) is 6.64. The fourth-order valence-electron chi connectivity index (χ4n) is 3.83. The minimum atomic E-state index is -0.539. The normalized spacial score (nSPS) is 18.7. The Morgan fingerprint density at radius 1 is 1.17 bits per heavy atom. The Balaban J connectivity index is 1.89. The summed E-state index contributed by atoms with van der Waals surface area (Å²) in [6.07, 6.45) is 5.88. The second-order valence-corrected chi connectivity index (χ2v) is 8.62. The lowest BCUT2D eigenvalue weighted by molar-refractivity contribution is 0.0839. The molecule has 2 N–H and O–H groups in total. The van der Waals surface area contributed by atoms with E-state index in [0.29, 0.717) is 23.5 Å². The number of ketones is 1. The Hall–Kier alpha value is -3.21. The summed E-state index contributed by atoms with van der Waals surface area (Å²) in [5.41, 5.74) is 2.88. The molecule has 2 aliphatic heterocycles. The van der Waals surface area contributed by atoms with Crippen molar-refractivity contribution in [3.8, 4) is 23.0 Å². The van der Waals surface area contributed by atoms with Gasteiger partial charge in [0.25, 0.3) is 0 Å². The lowest BCUT2D eigenvalue weighted by atomic mass is 9.88. The summed E-state index contributed by atoms with van der Waals surface area (Å²) < 4.78 is 12.5. The summed E-state index contributed by atoms with van der Waals surface area (Å²) >= 11 is 0. The van der Waals surface area contributed by atoms with E-state index in [0.717, 1.165) is 16.7 Å². The number of rotatable bonds is 3. The van der Waals surface area contributed by atoms with Crippen molar-refractivity contribution >= 4 is 11.9 Å². The van der Waals surface area contributed by atoms with Gasteiger partial charge in [-0.2, -0.15) is 0 Å². The van der Waals surface area contributed by atoms with Crippen molar-refractivity contribution in [3.63, 3.8) is 0 Å². The van der Waals surface area contributed by atoms with Gasteiger partial charge in [0, 0.05) is 5.56 Å². The molecule has 0 spiro atoms. The molecular formula is C25H26O5. The van der Waals surface area contributed by atoms with E-state index in [1.54, 1.807) is 24.3 Å². The van der Waals surface area contributed by atoms with Crippen LogP contribution in [0, 0.1) is 0 Å². The molecule has 0 radical (unpaired) electrons. The van der Waals surface area contributed by atoms with E-state index >= 15 is 0 Å². The molecule has 4 rings (SSSR count). The first-order valence-electron chi connectivity index (χ1n) is 10.1. The molecule has 30 heavy (non-hydrogen) atoms. The van der Waals surface area contributed by atoms with Crippen LogP contribution in [0.3, 0.4) is 0 Å². The summed E-state index contributed by atoms with van der Waals surface area (Å²) in [4.78, 5) is 13.1. The number of hydrogen-bond acceptors (Lipinski definition) is 5. The Morgan fingerprint density at radius 2 is 1.87 bits per heavy atom. The number of hydrogen-bond donors (Lipinski definition) is 2. The number of fused-ring (bicyclic) bond motifs is 2. The van der Waals surface area contributed by atoms with E-state index in [1.807, 2.05) is 39.8 Å². The molecule has 2 aliphatic rings. The van der Waals surface area contributed by atoms with Gasteiger partial charge in [-0.1, -0.05) is 23.8 Å². The summed E-state index contributed by atoms with van der Waals surface area (Å²) in [6.45, 7) is 7.91. The third-order valence-electron chi connectivity index (χ3n) is 5.42. The standard InChI is InChI=1S/C25H26O5/c1-14(2)5-10-18-23-17(11-12-25(3,4)30-23)22(28)21-19(27)13-20(29-24(18)21)15-6-8-16(26)9-7-15/h5-9,11-12,20,26,28H,10,13H2,1-4H3/t20-/m1/s1. The van der Waals surface area contributed by atoms with Gasteiger partial charge < -0.3 is 19.7 Å². The molecule has 1 atom stereocenters. The second kappa shape index (κ2) is 7.24. The molecule has 0 unspecified atom stereocenters. The Labute approximate surface area is 176 Å². The number of Topliss-reactive ketones (excluding diaryl/α,β-unsaturated/α-hetero) is 1. The highest BCUT2D eigenvalue weighted by atomic mass is 16.5. The fourth-order valence-corrected chi connectivity index (χ4v) is 3.83. The molecule has 0 fully saturated rings. The average Bonchev–Trinajstić information content (AvgIpc) is 2.67. The molecule has 5 heteroatoms. The van der Waals surface area contributed by atoms with Gasteiger partial charge in [0.2, 0.25) is 0 Å². The van der Waals surface area contributed by atoms with E-state index in [2.05, 4.69) is 6.08 Å². The first-order valence-corrected chi connectivity index (χ1v) is 10.1. The maximum absolute atomic E-state index is 13.1. The highest BCUT2D eigenvalue weighted by Gasteiger charge is 2.37. The van der Waals surface area contributed by atoms with Crippen molar-refractivity contribution in [2.75, 3.05) is 0 Å². The molecule has 0 aliphatic carbocycles. The molecule has 5 nitrogen and oxygen atoms in total. The summed E-state index contributed by atoms with van der Waals surface area (Å²) in [5.74, 6) is 0.812. The molecule has 2 heterocycles. The monoisotopic (exact) mass is 406 g/mol. The third-order valence-corrected chi connectivity index (χ3v) is 5.42. The van der Waals surface area contributed by atoms with E-state index in [1.165, 1.54) is 0 Å². The molecule has 0 saturated heterocycles. The number of phenols is 2. The van der Waals surface area contributed by atoms with Crippen LogP contribution in [0.1, 0.15) is 67.3 Å². The maximum Gasteiger partial charge on any atom is 0.174 e. The number of benzene rings is 2. The Bertz CT molecular complexity index is 1070. The Kier molecular flexibility index (Phi) is 4.85. The predicted octanol–water partition coefficient (Wildman–Crippen LogP) is 5.50. The van der Waals surface area contributed by atoms with Crippen LogP contribution in [0.15, 0.2) is 42.0 Å². The number of carbonyl (C=O) groups is 1. The summed E-state index contributed by atoms with van der Waals surface area (Å²) in [5, 5.41) is 20.5.